The average molecular weight is 296 g/mol. The predicted molar refractivity (Wildman–Crippen MR) is 79.1 cm³/mol. The summed E-state index contributed by atoms with van der Waals surface area (Å²) in [6.07, 6.45) is -0.667. The number of aliphatic hydroxyl groups is 1. The third-order valence-electron chi connectivity index (χ3n) is 3.56. The van der Waals surface area contributed by atoms with E-state index in [2.05, 4.69) is 4.98 Å². The second-order valence-corrected chi connectivity index (χ2v) is 4.98. The van der Waals surface area contributed by atoms with Gasteiger partial charge in [0.1, 0.15) is 5.69 Å². The van der Waals surface area contributed by atoms with Gasteiger partial charge in [0.25, 0.3) is 5.91 Å². The summed E-state index contributed by atoms with van der Waals surface area (Å²) in [5.41, 5.74) is 2.36. The van der Waals surface area contributed by atoms with Gasteiger partial charge in [-0.3, -0.25) is 4.79 Å². The van der Waals surface area contributed by atoms with Crippen molar-refractivity contribution >= 4 is 11.9 Å². The lowest BCUT2D eigenvalue weighted by Gasteiger charge is -2.18. The molecular weight excluding hydrogens is 272 g/mol. The largest absolute Gasteiger partial charge is 0.451 e. The van der Waals surface area contributed by atoms with E-state index in [0.717, 1.165) is 5.69 Å². The molecule has 0 radical (unpaired) electrons. The normalized spacial score (nSPS) is 12.1. The molecule has 0 aliphatic carbocycles. The SMILES string of the molecule is CCN(CC)C(=O)COC(=O)c1[nH]c(C)c([C@@H](C)O)c1C. The minimum absolute atomic E-state index is 0.218. The zero-order chi connectivity index (χ0) is 16.2. The summed E-state index contributed by atoms with van der Waals surface area (Å²) < 4.78 is 5.06. The zero-order valence-electron chi connectivity index (χ0n) is 13.3. The molecule has 0 saturated carbocycles. The zero-order valence-corrected chi connectivity index (χ0v) is 13.3. The van der Waals surface area contributed by atoms with Crippen LogP contribution in [0, 0.1) is 13.8 Å². The van der Waals surface area contributed by atoms with E-state index < -0.39 is 12.1 Å². The lowest BCUT2D eigenvalue weighted by atomic mass is 10.1. The number of rotatable bonds is 6. The number of nitrogens with zero attached hydrogens (tertiary/aromatic N) is 1. The first-order chi connectivity index (χ1) is 9.83. The van der Waals surface area contributed by atoms with Crippen LogP contribution in [0.3, 0.4) is 0 Å². The Hall–Kier alpha value is -1.82. The van der Waals surface area contributed by atoms with Gasteiger partial charge in [-0.1, -0.05) is 0 Å². The van der Waals surface area contributed by atoms with E-state index in [1.807, 2.05) is 13.8 Å². The van der Waals surface area contributed by atoms with Gasteiger partial charge < -0.3 is 19.7 Å². The van der Waals surface area contributed by atoms with Gasteiger partial charge in [0, 0.05) is 24.3 Å². The Kier molecular flexibility index (Phi) is 5.96. The summed E-state index contributed by atoms with van der Waals surface area (Å²) in [5.74, 6) is -0.798. The molecule has 1 aromatic rings. The smallest absolute Gasteiger partial charge is 0.355 e. The molecule has 1 amide bonds. The van der Waals surface area contributed by atoms with Crippen LogP contribution in [0.25, 0.3) is 0 Å². The summed E-state index contributed by atoms with van der Waals surface area (Å²) in [6.45, 7) is 9.80. The van der Waals surface area contributed by atoms with E-state index in [4.69, 9.17) is 4.74 Å². The molecule has 0 fully saturated rings. The third-order valence-corrected chi connectivity index (χ3v) is 3.56. The first-order valence-electron chi connectivity index (χ1n) is 7.15. The number of esters is 1. The van der Waals surface area contributed by atoms with Crippen LogP contribution in [0.2, 0.25) is 0 Å². The number of carbonyl (C=O) groups excluding carboxylic acids is 2. The molecule has 1 rings (SSSR count). The van der Waals surface area contributed by atoms with Crippen LogP contribution in [-0.4, -0.2) is 46.6 Å². The molecule has 6 heteroatoms. The molecular formula is C15H24N2O4. The second kappa shape index (κ2) is 7.26. The van der Waals surface area contributed by atoms with Gasteiger partial charge >= 0.3 is 5.97 Å². The van der Waals surface area contributed by atoms with Crippen LogP contribution in [0.5, 0.6) is 0 Å². The molecule has 1 atom stereocenters. The third kappa shape index (κ3) is 3.85. The van der Waals surface area contributed by atoms with E-state index in [1.54, 1.807) is 25.7 Å². The van der Waals surface area contributed by atoms with Crippen LogP contribution in [0.1, 0.15) is 54.2 Å². The van der Waals surface area contributed by atoms with Crippen LogP contribution in [-0.2, 0) is 9.53 Å². The molecule has 6 nitrogen and oxygen atoms in total. The molecule has 1 heterocycles. The summed E-state index contributed by atoms with van der Waals surface area (Å²) in [4.78, 5) is 28.4. The number of aryl methyl sites for hydroxylation is 1. The van der Waals surface area contributed by atoms with Crippen LogP contribution < -0.4 is 0 Å². The fraction of sp³-hybridized carbons (Fsp3) is 0.600. The Bertz CT molecular complexity index is 516. The molecule has 1 aromatic heterocycles. The fourth-order valence-corrected chi connectivity index (χ4v) is 2.46. The van der Waals surface area contributed by atoms with Crippen molar-refractivity contribution in [3.8, 4) is 0 Å². The van der Waals surface area contributed by atoms with E-state index in [1.165, 1.54) is 0 Å². The number of carbonyl (C=O) groups is 2. The van der Waals surface area contributed by atoms with Crippen LogP contribution in [0.4, 0.5) is 0 Å². The first-order valence-corrected chi connectivity index (χ1v) is 7.15. The quantitative estimate of drug-likeness (QED) is 0.783. The van der Waals surface area contributed by atoms with Crippen molar-refractivity contribution in [3.63, 3.8) is 0 Å². The number of H-pyrrole nitrogens is 1. The van der Waals surface area contributed by atoms with Crippen molar-refractivity contribution in [2.75, 3.05) is 19.7 Å². The van der Waals surface area contributed by atoms with Gasteiger partial charge in [-0.15, -0.1) is 0 Å². The van der Waals surface area contributed by atoms with Gasteiger partial charge in [0.05, 0.1) is 6.10 Å². The van der Waals surface area contributed by atoms with Crippen molar-refractivity contribution in [1.82, 2.24) is 9.88 Å². The first kappa shape index (κ1) is 17.2. The highest BCUT2D eigenvalue weighted by molar-refractivity contribution is 5.91. The molecule has 2 N–H and O–H groups in total. The number of hydrogen-bond acceptors (Lipinski definition) is 4. The predicted octanol–water partition coefficient (Wildman–Crippen LogP) is 1.71. The standard InChI is InChI=1S/C15H24N2O4/c1-6-17(7-2)12(19)8-21-15(20)14-9(3)13(11(5)18)10(4)16-14/h11,16,18H,6-8H2,1-5H3/t11-/m1/s1. The monoisotopic (exact) mass is 296 g/mol. The van der Waals surface area contributed by atoms with E-state index in [0.29, 0.717) is 24.2 Å². The number of aromatic nitrogens is 1. The number of likely N-dealkylation sites (N-methyl/N-ethyl adjacent to an activating group) is 1. The summed E-state index contributed by atoms with van der Waals surface area (Å²) in [7, 11) is 0. The molecule has 0 bridgehead atoms. The Morgan fingerprint density at radius 2 is 1.86 bits per heavy atom. The van der Waals surface area contributed by atoms with E-state index in [9.17, 15) is 14.7 Å². The van der Waals surface area contributed by atoms with E-state index >= 15 is 0 Å². The topological polar surface area (TPSA) is 82.6 Å². The Labute approximate surface area is 125 Å². The summed E-state index contributed by atoms with van der Waals surface area (Å²) in [5, 5.41) is 9.70. The lowest BCUT2D eigenvalue weighted by molar-refractivity contribution is -0.134. The van der Waals surface area contributed by atoms with Crippen LogP contribution in [0.15, 0.2) is 0 Å². The summed E-state index contributed by atoms with van der Waals surface area (Å²) in [6, 6.07) is 0. The van der Waals surface area contributed by atoms with Gasteiger partial charge in [0.15, 0.2) is 6.61 Å². The Morgan fingerprint density at radius 1 is 1.29 bits per heavy atom. The number of aromatic amines is 1. The van der Waals surface area contributed by atoms with Gasteiger partial charge in [0.2, 0.25) is 0 Å². The number of amides is 1. The Balaban J connectivity index is 2.78. The highest BCUT2D eigenvalue weighted by atomic mass is 16.5. The number of nitrogens with one attached hydrogen (secondary N) is 1. The summed E-state index contributed by atoms with van der Waals surface area (Å²) >= 11 is 0. The van der Waals surface area contributed by atoms with Gasteiger partial charge in [-0.2, -0.15) is 0 Å². The average Bonchev–Trinajstić information content (AvgIpc) is 2.72. The van der Waals surface area contributed by atoms with Gasteiger partial charge in [-0.05, 0) is 40.2 Å². The van der Waals surface area contributed by atoms with Crippen molar-refractivity contribution in [2.24, 2.45) is 0 Å². The van der Waals surface area contributed by atoms with Gasteiger partial charge in [-0.25, -0.2) is 4.79 Å². The fourth-order valence-electron chi connectivity index (χ4n) is 2.46. The van der Waals surface area contributed by atoms with Crippen molar-refractivity contribution in [3.05, 3.63) is 22.5 Å². The van der Waals surface area contributed by atoms with Crippen molar-refractivity contribution in [2.45, 2.75) is 40.7 Å². The molecule has 118 valence electrons. The molecule has 0 aliphatic rings. The molecule has 0 spiro atoms. The molecule has 21 heavy (non-hydrogen) atoms. The minimum Gasteiger partial charge on any atom is -0.451 e. The highest BCUT2D eigenvalue weighted by Gasteiger charge is 2.22. The van der Waals surface area contributed by atoms with E-state index in [-0.39, 0.29) is 18.2 Å². The number of hydrogen-bond donors (Lipinski definition) is 2. The maximum absolute atomic E-state index is 12.1. The number of aliphatic hydroxyl groups excluding tert-OH is 1. The number of ether oxygens (including phenoxy) is 1. The maximum atomic E-state index is 12.1. The molecule has 0 saturated heterocycles. The Morgan fingerprint density at radius 3 is 2.29 bits per heavy atom. The molecule has 0 aliphatic heterocycles. The maximum Gasteiger partial charge on any atom is 0.355 e. The van der Waals surface area contributed by atoms with Crippen molar-refractivity contribution in [1.29, 1.82) is 0 Å². The molecule has 0 unspecified atom stereocenters. The highest BCUT2D eigenvalue weighted by Crippen LogP contribution is 2.24. The van der Waals surface area contributed by atoms with Crippen molar-refractivity contribution < 1.29 is 19.4 Å². The second-order valence-electron chi connectivity index (χ2n) is 4.98. The lowest BCUT2D eigenvalue weighted by Crippen LogP contribution is -2.34. The van der Waals surface area contributed by atoms with Crippen LogP contribution >= 0.6 is 0 Å². The molecule has 0 aromatic carbocycles. The minimum atomic E-state index is -0.667.